The molecular weight excluding hydrogens is 368 g/mol. The van der Waals surface area contributed by atoms with Gasteiger partial charge in [-0.05, 0) is 67.8 Å². The molecule has 0 spiro atoms. The number of azo groups is 1. The van der Waals surface area contributed by atoms with Gasteiger partial charge in [-0.2, -0.15) is 10.2 Å². The maximum absolute atomic E-state index is 10.7. The smallest absolute Gasteiger partial charge is 0.330 e. The molecule has 2 aromatic rings. The minimum atomic E-state index is -0.897. The third kappa shape index (κ3) is 8.60. The van der Waals surface area contributed by atoms with Crippen molar-refractivity contribution in [1.82, 2.24) is 0 Å². The summed E-state index contributed by atoms with van der Waals surface area (Å²) in [5.41, 5.74) is 1.81. The number of hydrogen-bond acceptors (Lipinski definition) is 5. The zero-order valence-corrected chi connectivity index (χ0v) is 16.8. The lowest BCUT2D eigenvalue weighted by atomic mass is 10.1. The first-order valence-electron chi connectivity index (χ1n) is 9.78. The van der Waals surface area contributed by atoms with E-state index in [-0.39, 0.29) is 0 Å². The van der Waals surface area contributed by atoms with Crippen LogP contribution in [0.1, 0.15) is 38.5 Å². The number of methoxy groups -OCH3 is 1. The fraction of sp³-hybridized carbons (Fsp3) is 0.348. The predicted octanol–water partition coefficient (Wildman–Crippen LogP) is 6.47. The summed E-state index contributed by atoms with van der Waals surface area (Å²) in [6.45, 7) is 4.20. The molecule has 29 heavy (non-hydrogen) atoms. The van der Waals surface area contributed by atoms with Crippen molar-refractivity contribution in [2.24, 2.45) is 10.2 Å². The maximum Gasteiger partial charge on any atom is 0.330 e. The first-order valence-corrected chi connectivity index (χ1v) is 9.78. The Kier molecular flexibility index (Phi) is 9.42. The van der Waals surface area contributed by atoms with Crippen LogP contribution in [0.25, 0.3) is 0 Å². The molecular formula is C23H28N2O4. The number of ether oxygens (including phenoxy) is 2. The Hall–Kier alpha value is -3.15. The van der Waals surface area contributed by atoms with Crippen molar-refractivity contribution >= 4 is 17.3 Å². The van der Waals surface area contributed by atoms with Crippen molar-refractivity contribution in [3.8, 4) is 11.5 Å². The van der Waals surface area contributed by atoms with Gasteiger partial charge >= 0.3 is 5.97 Å². The Morgan fingerprint density at radius 2 is 1.38 bits per heavy atom. The SMILES string of the molecule is C=C(CCCCCCCOc1ccc(N=Nc2ccc(OC)cc2)cc1)C(=O)O. The third-order valence-electron chi connectivity index (χ3n) is 4.38. The van der Waals surface area contributed by atoms with Crippen LogP contribution in [0, 0.1) is 0 Å². The van der Waals surface area contributed by atoms with E-state index in [2.05, 4.69) is 16.8 Å². The quantitative estimate of drug-likeness (QED) is 0.239. The van der Waals surface area contributed by atoms with E-state index >= 15 is 0 Å². The summed E-state index contributed by atoms with van der Waals surface area (Å²) >= 11 is 0. The second-order valence-electron chi connectivity index (χ2n) is 6.67. The van der Waals surface area contributed by atoms with Crippen molar-refractivity contribution in [1.29, 1.82) is 0 Å². The summed E-state index contributed by atoms with van der Waals surface area (Å²) in [7, 11) is 1.63. The van der Waals surface area contributed by atoms with Gasteiger partial charge in [0.15, 0.2) is 0 Å². The molecule has 0 heterocycles. The van der Waals surface area contributed by atoms with E-state index in [0.29, 0.717) is 18.6 Å². The molecule has 0 aliphatic carbocycles. The van der Waals surface area contributed by atoms with Gasteiger partial charge in [-0.3, -0.25) is 0 Å². The van der Waals surface area contributed by atoms with Crippen LogP contribution in [-0.2, 0) is 4.79 Å². The van der Waals surface area contributed by atoms with Gasteiger partial charge in [0.2, 0.25) is 0 Å². The van der Waals surface area contributed by atoms with Gasteiger partial charge in [0.25, 0.3) is 0 Å². The number of unbranched alkanes of at least 4 members (excludes halogenated alkanes) is 4. The minimum absolute atomic E-state index is 0.292. The first kappa shape index (κ1) is 22.1. The van der Waals surface area contributed by atoms with Gasteiger partial charge in [0.1, 0.15) is 11.5 Å². The molecule has 0 amide bonds. The van der Waals surface area contributed by atoms with Crippen molar-refractivity contribution in [3.05, 3.63) is 60.7 Å². The standard InChI is InChI=1S/C23H28N2O4/c1-18(23(26)27)8-6-4-3-5-7-17-29-22-15-11-20(12-16-22)25-24-19-9-13-21(28-2)14-10-19/h9-16H,1,3-8,17H2,2H3,(H,26,27). The molecule has 0 radical (unpaired) electrons. The monoisotopic (exact) mass is 396 g/mol. The van der Waals surface area contributed by atoms with Crippen molar-refractivity contribution in [2.75, 3.05) is 13.7 Å². The summed E-state index contributed by atoms with van der Waals surface area (Å²) in [4.78, 5) is 10.7. The van der Waals surface area contributed by atoms with Gasteiger partial charge in [0.05, 0.1) is 25.1 Å². The molecule has 2 rings (SSSR count). The summed E-state index contributed by atoms with van der Waals surface area (Å²) in [6.07, 6.45) is 5.56. The molecule has 6 nitrogen and oxygen atoms in total. The molecule has 0 bridgehead atoms. The molecule has 0 atom stereocenters. The Morgan fingerprint density at radius 1 is 0.862 bits per heavy atom. The molecule has 6 heteroatoms. The number of carboxylic acid groups (broad SMARTS) is 1. The first-order chi connectivity index (χ1) is 14.1. The molecule has 0 fully saturated rings. The molecule has 0 saturated carbocycles. The Labute approximate surface area is 171 Å². The number of nitrogens with zero attached hydrogens (tertiary/aromatic N) is 2. The molecule has 2 aromatic carbocycles. The van der Waals surface area contributed by atoms with E-state index in [0.717, 1.165) is 55.0 Å². The number of rotatable bonds is 13. The molecule has 0 aromatic heterocycles. The lowest BCUT2D eigenvalue weighted by Crippen LogP contribution is -1.99. The zero-order chi connectivity index (χ0) is 20.9. The van der Waals surface area contributed by atoms with Crippen molar-refractivity contribution in [3.63, 3.8) is 0 Å². The van der Waals surface area contributed by atoms with Crippen LogP contribution >= 0.6 is 0 Å². The largest absolute Gasteiger partial charge is 0.497 e. The van der Waals surface area contributed by atoms with Crippen LogP contribution in [0.4, 0.5) is 11.4 Å². The van der Waals surface area contributed by atoms with Crippen LogP contribution in [0.3, 0.4) is 0 Å². The van der Waals surface area contributed by atoms with Crippen LogP contribution in [0.2, 0.25) is 0 Å². The Balaban J connectivity index is 1.61. The number of aliphatic carboxylic acids is 1. The fourth-order valence-corrected chi connectivity index (χ4v) is 2.64. The van der Waals surface area contributed by atoms with Crippen molar-refractivity contribution < 1.29 is 19.4 Å². The number of hydrogen-bond donors (Lipinski definition) is 1. The number of benzene rings is 2. The third-order valence-corrected chi connectivity index (χ3v) is 4.38. The topological polar surface area (TPSA) is 80.5 Å². The van der Waals surface area contributed by atoms with Crippen LogP contribution in [0.5, 0.6) is 11.5 Å². The Morgan fingerprint density at radius 3 is 1.93 bits per heavy atom. The molecule has 154 valence electrons. The summed E-state index contributed by atoms with van der Waals surface area (Å²) in [5.74, 6) is 0.701. The lowest BCUT2D eigenvalue weighted by Gasteiger charge is -2.06. The van der Waals surface area contributed by atoms with E-state index in [4.69, 9.17) is 14.6 Å². The maximum atomic E-state index is 10.7. The highest BCUT2D eigenvalue weighted by Gasteiger charge is 2.02. The Bertz CT molecular complexity index is 799. The van der Waals surface area contributed by atoms with E-state index in [1.54, 1.807) is 7.11 Å². The highest BCUT2D eigenvalue weighted by Crippen LogP contribution is 2.23. The minimum Gasteiger partial charge on any atom is -0.497 e. The van der Waals surface area contributed by atoms with E-state index in [1.165, 1.54) is 0 Å². The van der Waals surface area contributed by atoms with E-state index < -0.39 is 5.97 Å². The molecule has 1 N–H and O–H groups in total. The van der Waals surface area contributed by atoms with E-state index in [1.807, 2.05) is 48.5 Å². The highest BCUT2D eigenvalue weighted by atomic mass is 16.5. The van der Waals surface area contributed by atoms with Gasteiger partial charge in [-0.25, -0.2) is 4.79 Å². The summed E-state index contributed by atoms with van der Waals surface area (Å²) in [6, 6.07) is 14.9. The van der Waals surface area contributed by atoms with Crippen LogP contribution < -0.4 is 9.47 Å². The predicted molar refractivity (Wildman–Crippen MR) is 114 cm³/mol. The lowest BCUT2D eigenvalue weighted by molar-refractivity contribution is -0.132. The highest BCUT2D eigenvalue weighted by molar-refractivity contribution is 5.85. The zero-order valence-electron chi connectivity index (χ0n) is 16.8. The average Bonchev–Trinajstić information content (AvgIpc) is 2.75. The number of carbonyl (C=O) groups is 1. The van der Waals surface area contributed by atoms with Crippen molar-refractivity contribution in [2.45, 2.75) is 38.5 Å². The van der Waals surface area contributed by atoms with Crippen LogP contribution in [-0.4, -0.2) is 24.8 Å². The van der Waals surface area contributed by atoms with Gasteiger partial charge in [0, 0.05) is 5.57 Å². The van der Waals surface area contributed by atoms with Crippen LogP contribution in [0.15, 0.2) is 70.9 Å². The molecule has 0 aliphatic heterocycles. The fourth-order valence-electron chi connectivity index (χ4n) is 2.64. The summed E-state index contributed by atoms with van der Waals surface area (Å²) in [5, 5.41) is 17.2. The van der Waals surface area contributed by atoms with E-state index in [9.17, 15) is 4.79 Å². The van der Waals surface area contributed by atoms with Gasteiger partial charge in [-0.1, -0.05) is 25.8 Å². The summed E-state index contributed by atoms with van der Waals surface area (Å²) < 4.78 is 10.9. The molecule has 0 aliphatic rings. The molecule has 0 saturated heterocycles. The second-order valence-corrected chi connectivity index (χ2v) is 6.67. The average molecular weight is 396 g/mol. The normalized spacial score (nSPS) is 10.8. The van der Waals surface area contributed by atoms with Gasteiger partial charge in [-0.15, -0.1) is 0 Å². The second kappa shape index (κ2) is 12.3. The molecule has 0 unspecified atom stereocenters. The number of carboxylic acids is 1. The van der Waals surface area contributed by atoms with Gasteiger partial charge < -0.3 is 14.6 Å².